The number of nitrogens with zero attached hydrogens (tertiary/aromatic N) is 3. The van der Waals surface area contributed by atoms with E-state index in [1.165, 1.54) is 28.8 Å². The molecule has 0 saturated heterocycles. The molecule has 0 unspecified atom stereocenters. The van der Waals surface area contributed by atoms with E-state index in [4.69, 9.17) is 0 Å². The highest BCUT2D eigenvalue weighted by molar-refractivity contribution is 5.90. The molecule has 0 bridgehead atoms. The number of rotatable bonds is 6. The van der Waals surface area contributed by atoms with Gasteiger partial charge in [-0.15, -0.1) is 0 Å². The van der Waals surface area contributed by atoms with Gasteiger partial charge < -0.3 is 4.57 Å². The Kier molecular flexibility index (Phi) is 4.86. The van der Waals surface area contributed by atoms with Crippen molar-refractivity contribution < 1.29 is 4.79 Å². The summed E-state index contributed by atoms with van der Waals surface area (Å²) in [5, 5.41) is 0. The Morgan fingerprint density at radius 2 is 2.04 bits per heavy atom. The quantitative estimate of drug-likeness (QED) is 0.757. The minimum absolute atomic E-state index is 0.0561. The molecular formula is C20H27N3O. The summed E-state index contributed by atoms with van der Waals surface area (Å²) in [6.45, 7) is 11.5. The number of hydrogen-bond acceptors (Lipinski definition) is 3. The molecule has 128 valence electrons. The molecule has 24 heavy (non-hydrogen) atoms. The third-order valence-electron chi connectivity index (χ3n) is 4.87. The summed E-state index contributed by atoms with van der Waals surface area (Å²) >= 11 is 0. The van der Waals surface area contributed by atoms with Crippen molar-refractivity contribution in [2.45, 2.75) is 66.7 Å². The molecule has 0 spiro atoms. The fourth-order valence-electron chi connectivity index (χ4n) is 3.66. The molecule has 1 aromatic heterocycles. The molecule has 0 aliphatic carbocycles. The van der Waals surface area contributed by atoms with Crippen molar-refractivity contribution in [3.05, 3.63) is 52.1 Å². The molecule has 1 aliphatic rings. The Labute approximate surface area is 144 Å². The van der Waals surface area contributed by atoms with Gasteiger partial charge in [0.2, 0.25) is 0 Å². The minimum atomic E-state index is 0.0561. The van der Waals surface area contributed by atoms with Crippen LogP contribution in [-0.4, -0.2) is 20.2 Å². The summed E-state index contributed by atoms with van der Waals surface area (Å²) in [5.74, 6) is 0.670. The van der Waals surface area contributed by atoms with Gasteiger partial charge in [0.1, 0.15) is 0 Å². The first-order valence-electron chi connectivity index (χ1n) is 8.93. The van der Waals surface area contributed by atoms with E-state index in [-0.39, 0.29) is 5.78 Å². The smallest absolute Gasteiger partial charge is 0.195 e. The fraction of sp³-hybridized carbons (Fsp3) is 0.500. The van der Waals surface area contributed by atoms with E-state index in [2.05, 4.69) is 53.4 Å². The fourth-order valence-corrected chi connectivity index (χ4v) is 3.66. The number of ketones is 1. The number of Topliss-reactive ketones (excluding diaryl/α,β-unsaturated/α-hetero) is 1. The summed E-state index contributed by atoms with van der Waals surface area (Å²) in [6, 6.07) is 6.83. The lowest BCUT2D eigenvalue weighted by Crippen LogP contribution is -2.19. The maximum Gasteiger partial charge on any atom is 0.195 e. The Balaban J connectivity index is 1.76. The van der Waals surface area contributed by atoms with Crippen LogP contribution < -0.4 is 0 Å². The van der Waals surface area contributed by atoms with Crippen LogP contribution in [0, 0.1) is 6.92 Å². The number of aromatic nitrogens is 2. The predicted molar refractivity (Wildman–Crippen MR) is 96.0 cm³/mol. The van der Waals surface area contributed by atoms with E-state index < -0.39 is 0 Å². The van der Waals surface area contributed by atoms with Crippen molar-refractivity contribution >= 4 is 5.78 Å². The van der Waals surface area contributed by atoms with Crippen LogP contribution in [0.4, 0.5) is 0 Å². The zero-order chi connectivity index (χ0) is 17.3. The highest BCUT2D eigenvalue weighted by atomic mass is 16.1. The lowest BCUT2D eigenvalue weighted by atomic mass is 10.0. The number of carbonyl (C=O) groups excluding carboxylic acids is 1. The lowest BCUT2D eigenvalue weighted by molar-refractivity contribution is 0.0998. The zero-order valence-corrected chi connectivity index (χ0v) is 15.2. The average Bonchev–Trinajstić information content (AvgIpc) is 3.07. The second kappa shape index (κ2) is 6.89. The van der Waals surface area contributed by atoms with Gasteiger partial charge in [-0.2, -0.15) is 0 Å². The van der Waals surface area contributed by atoms with E-state index in [0.717, 1.165) is 38.3 Å². The molecule has 1 aliphatic heterocycles. The van der Waals surface area contributed by atoms with E-state index in [0.29, 0.717) is 5.82 Å². The van der Waals surface area contributed by atoms with Gasteiger partial charge in [-0.25, -0.2) is 4.98 Å². The summed E-state index contributed by atoms with van der Waals surface area (Å²) < 4.78 is 2.08. The van der Waals surface area contributed by atoms with Crippen LogP contribution in [0.25, 0.3) is 0 Å². The molecular weight excluding hydrogens is 298 g/mol. The normalized spacial score (nSPS) is 14.2. The van der Waals surface area contributed by atoms with Crippen molar-refractivity contribution in [1.82, 2.24) is 14.5 Å². The van der Waals surface area contributed by atoms with Crippen molar-refractivity contribution in [2.75, 3.05) is 0 Å². The van der Waals surface area contributed by atoms with Crippen LogP contribution in [0.1, 0.15) is 65.9 Å². The molecule has 2 heterocycles. The van der Waals surface area contributed by atoms with Crippen LogP contribution in [0.5, 0.6) is 0 Å². The maximum atomic E-state index is 11.7. The Morgan fingerprint density at radius 3 is 2.71 bits per heavy atom. The molecule has 0 fully saturated rings. The number of aryl methyl sites for hydroxylation is 2. The molecule has 0 saturated carbocycles. The molecule has 0 radical (unpaired) electrons. The monoisotopic (exact) mass is 325 g/mol. The SMILES string of the molecule is CCCc1cc(CN2Cc3nc(C(C)=O)n(CC)c3C2)ccc1C. The van der Waals surface area contributed by atoms with Crippen LogP contribution in [0.2, 0.25) is 0 Å². The van der Waals surface area contributed by atoms with E-state index in [9.17, 15) is 4.79 Å². The summed E-state index contributed by atoms with van der Waals surface area (Å²) in [4.78, 5) is 18.7. The number of imidazole rings is 1. The zero-order valence-electron chi connectivity index (χ0n) is 15.2. The number of fused-ring (bicyclic) bond motifs is 1. The second-order valence-corrected chi connectivity index (χ2v) is 6.79. The lowest BCUT2D eigenvalue weighted by Gasteiger charge is -2.17. The molecule has 0 amide bonds. The van der Waals surface area contributed by atoms with Crippen molar-refractivity contribution in [2.24, 2.45) is 0 Å². The minimum Gasteiger partial charge on any atom is -0.324 e. The third-order valence-corrected chi connectivity index (χ3v) is 4.87. The van der Waals surface area contributed by atoms with Gasteiger partial charge in [0, 0.05) is 33.1 Å². The van der Waals surface area contributed by atoms with Crippen LogP contribution in [0.15, 0.2) is 18.2 Å². The predicted octanol–water partition coefficient (Wildman–Crippen LogP) is 3.88. The Morgan fingerprint density at radius 1 is 1.25 bits per heavy atom. The first-order valence-corrected chi connectivity index (χ1v) is 8.93. The second-order valence-electron chi connectivity index (χ2n) is 6.79. The molecule has 1 aromatic carbocycles. The first kappa shape index (κ1) is 16.9. The van der Waals surface area contributed by atoms with Crippen LogP contribution in [0.3, 0.4) is 0 Å². The maximum absolute atomic E-state index is 11.7. The van der Waals surface area contributed by atoms with Crippen molar-refractivity contribution in [3.8, 4) is 0 Å². The van der Waals surface area contributed by atoms with Crippen molar-refractivity contribution in [1.29, 1.82) is 0 Å². The van der Waals surface area contributed by atoms with Gasteiger partial charge in [-0.3, -0.25) is 9.69 Å². The molecule has 0 atom stereocenters. The standard InChI is InChI=1S/C20H27N3O/c1-5-7-17-10-16(9-8-14(17)3)11-22-12-18-19(13-22)23(6-2)20(21-18)15(4)24/h8-10H,5-7,11-13H2,1-4H3. The van der Waals surface area contributed by atoms with Crippen LogP contribution in [-0.2, 0) is 32.6 Å². The Bertz CT molecular complexity index is 760. The van der Waals surface area contributed by atoms with E-state index in [1.54, 1.807) is 6.92 Å². The highest BCUT2D eigenvalue weighted by Crippen LogP contribution is 2.26. The highest BCUT2D eigenvalue weighted by Gasteiger charge is 2.27. The van der Waals surface area contributed by atoms with Gasteiger partial charge >= 0.3 is 0 Å². The topological polar surface area (TPSA) is 38.1 Å². The molecule has 2 aromatic rings. The van der Waals surface area contributed by atoms with Gasteiger partial charge in [0.25, 0.3) is 0 Å². The average molecular weight is 325 g/mol. The summed E-state index contributed by atoms with van der Waals surface area (Å²) in [5.41, 5.74) is 6.49. The van der Waals surface area contributed by atoms with E-state index in [1.807, 2.05) is 0 Å². The first-order chi connectivity index (χ1) is 11.5. The van der Waals surface area contributed by atoms with E-state index >= 15 is 0 Å². The number of carbonyl (C=O) groups is 1. The summed E-state index contributed by atoms with van der Waals surface area (Å²) in [6.07, 6.45) is 2.32. The van der Waals surface area contributed by atoms with Crippen LogP contribution >= 0.6 is 0 Å². The van der Waals surface area contributed by atoms with Gasteiger partial charge in [0.05, 0.1) is 11.4 Å². The van der Waals surface area contributed by atoms with Gasteiger partial charge in [0.15, 0.2) is 11.6 Å². The number of benzene rings is 1. The molecule has 3 rings (SSSR count). The van der Waals surface area contributed by atoms with Crippen molar-refractivity contribution in [3.63, 3.8) is 0 Å². The van der Waals surface area contributed by atoms with Gasteiger partial charge in [-0.05, 0) is 37.0 Å². The molecule has 0 N–H and O–H groups in total. The third kappa shape index (κ3) is 3.16. The van der Waals surface area contributed by atoms with Gasteiger partial charge in [-0.1, -0.05) is 31.5 Å². The number of hydrogen-bond donors (Lipinski definition) is 0. The molecule has 4 heteroatoms. The summed E-state index contributed by atoms with van der Waals surface area (Å²) in [7, 11) is 0. The largest absolute Gasteiger partial charge is 0.324 e. The molecule has 4 nitrogen and oxygen atoms in total. The Hall–Kier alpha value is -1.94.